The summed E-state index contributed by atoms with van der Waals surface area (Å²) in [6, 6.07) is 0.0995. The van der Waals surface area contributed by atoms with E-state index in [9.17, 15) is 4.79 Å². The van der Waals surface area contributed by atoms with Crippen molar-refractivity contribution in [2.45, 2.75) is 25.4 Å². The molecule has 0 saturated carbocycles. The fraction of sp³-hybridized carbons (Fsp3) is 0.727. The maximum Gasteiger partial charge on any atom is 0.315 e. The van der Waals surface area contributed by atoms with Crippen molar-refractivity contribution in [1.29, 1.82) is 0 Å². The third kappa shape index (κ3) is 4.45. The first kappa shape index (κ1) is 13.4. The molecule has 0 aromatic carbocycles. The van der Waals surface area contributed by atoms with Crippen LogP contribution < -0.4 is 10.6 Å². The quantitative estimate of drug-likeness (QED) is 0.632. The summed E-state index contributed by atoms with van der Waals surface area (Å²) < 4.78 is 0. The first-order chi connectivity index (χ1) is 7.65. The molecule has 0 fully saturated rings. The number of carbonyl (C=O) groups excluding carboxylic acids is 1. The molecule has 1 unspecified atom stereocenters. The Labute approximate surface area is 101 Å². The monoisotopic (exact) mass is 244 g/mol. The number of nitrogens with one attached hydrogen (secondary N) is 2. The van der Waals surface area contributed by atoms with Crippen LogP contribution in [0.2, 0.25) is 0 Å². The van der Waals surface area contributed by atoms with Crippen LogP contribution >= 0.6 is 11.8 Å². The number of hydrogen-bond acceptors (Lipinski definition) is 3. The van der Waals surface area contributed by atoms with Gasteiger partial charge in [-0.2, -0.15) is 11.8 Å². The minimum Gasteiger partial charge on any atom is -0.396 e. The number of urea groups is 1. The number of hydrogen-bond donors (Lipinski definition) is 3. The molecule has 0 heterocycles. The van der Waals surface area contributed by atoms with Gasteiger partial charge in [0, 0.05) is 30.4 Å². The van der Waals surface area contributed by atoms with Crippen molar-refractivity contribution < 1.29 is 9.90 Å². The third-order valence-corrected chi connectivity index (χ3v) is 3.35. The Morgan fingerprint density at radius 2 is 2.38 bits per heavy atom. The molecular formula is C11H20N2O2S. The van der Waals surface area contributed by atoms with Crippen LogP contribution in [0.1, 0.15) is 13.3 Å². The van der Waals surface area contributed by atoms with Gasteiger partial charge in [0.1, 0.15) is 0 Å². The first-order valence-electron chi connectivity index (χ1n) is 5.50. The van der Waals surface area contributed by atoms with E-state index < -0.39 is 0 Å². The zero-order valence-electron chi connectivity index (χ0n) is 9.77. The van der Waals surface area contributed by atoms with Crippen molar-refractivity contribution in [3.63, 3.8) is 0 Å². The van der Waals surface area contributed by atoms with Gasteiger partial charge in [0.15, 0.2) is 0 Å². The van der Waals surface area contributed by atoms with Gasteiger partial charge < -0.3 is 15.7 Å². The molecule has 0 aromatic heterocycles. The summed E-state index contributed by atoms with van der Waals surface area (Å²) in [5.41, 5.74) is 0. The molecule has 0 aliphatic heterocycles. The lowest BCUT2D eigenvalue weighted by Gasteiger charge is -2.16. The van der Waals surface area contributed by atoms with Gasteiger partial charge in [-0.15, -0.1) is 0 Å². The predicted octanol–water partition coefficient (Wildman–Crippen LogP) is 0.974. The SMILES string of the molecule is CSCC(C)NC(=O)N[C@@H]1C=C[C@H](CO)C1. The Balaban J connectivity index is 2.23. The number of rotatable bonds is 5. The van der Waals surface area contributed by atoms with E-state index in [1.165, 1.54) is 0 Å². The highest BCUT2D eigenvalue weighted by molar-refractivity contribution is 7.98. The molecule has 0 radical (unpaired) electrons. The number of amides is 2. The summed E-state index contributed by atoms with van der Waals surface area (Å²) in [7, 11) is 0. The van der Waals surface area contributed by atoms with Gasteiger partial charge in [0.05, 0.1) is 0 Å². The van der Waals surface area contributed by atoms with Gasteiger partial charge >= 0.3 is 6.03 Å². The molecule has 1 rings (SSSR count). The molecule has 1 aliphatic rings. The van der Waals surface area contributed by atoms with Crippen LogP contribution in [0.4, 0.5) is 4.79 Å². The predicted molar refractivity (Wildman–Crippen MR) is 67.6 cm³/mol. The molecule has 0 aromatic rings. The minimum absolute atomic E-state index is 0.0543. The molecule has 16 heavy (non-hydrogen) atoms. The molecule has 5 heteroatoms. The van der Waals surface area contributed by atoms with Gasteiger partial charge in [-0.3, -0.25) is 0 Å². The van der Waals surface area contributed by atoms with E-state index in [2.05, 4.69) is 10.6 Å². The standard InChI is InChI=1S/C11H20N2O2S/c1-8(7-16-2)12-11(15)13-10-4-3-9(5-10)6-14/h3-4,8-10,14H,5-7H2,1-2H3,(H2,12,13,15)/t8?,9-,10+/m0/s1. The summed E-state index contributed by atoms with van der Waals surface area (Å²) in [5.74, 6) is 1.10. The Morgan fingerprint density at radius 1 is 1.62 bits per heavy atom. The van der Waals surface area contributed by atoms with Crippen LogP contribution in [-0.2, 0) is 0 Å². The Bertz CT molecular complexity index is 258. The highest BCUT2D eigenvalue weighted by Gasteiger charge is 2.19. The largest absolute Gasteiger partial charge is 0.396 e. The molecule has 3 N–H and O–H groups in total. The van der Waals surface area contributed by atoms with Crippen molar-refractivity contribution >= 4 is 17.8 Å². The van der Waals surface area contributed by atoms with E-state index in [4.69, 9.17) is 5.11 Å². The molecule has 0 bridgehead atoms. The van der Waals surface area contributed by atoms with Crippen molar-refractivity contribution in [3.8, 4) is 0 Å². The van der Waals surface area contributed by atoms with E-state index in [-0.39, 0.29) is 30.6 Å². The van der Waals surface area contributed by atoms with Gasteiger partial charge in [0.2, 0.25) is 0 Å². The average molecular weight is 244 g/mol. The molecule has 4 nitrogen and oxygen atoms in total. The lowest BCUT2D eigenvalue weighted by molar-refractivity contribution is 0.230. The van der Waals surface area contributed by atoms with Crippen LogP contribution in [-0.4, -0.2) is 41.8 Å². The third-order valence-electron chi connectivity index (χ3n) is 2.52. The van der Waals surface area contributed by atoms with E-state index >= 15 is 0 Å². The minimum atomic E-state index is -0.130. The maximum atomic E-state index is 11.6. The number of aliphatic hydroxyl groups excluding tert-OH is 1. The first-order valence-corrected chi connectivity index (χ1v) is 6.90. The van der Waals surface area contributed by atoms with Gasteiger partial charge in [-0.25, -0.2) is 4.79 Å². The lowest BCUT2D eigenvalue weighted by atomic mass is 10.1. The zero-order chi connectivity index (χ0) is 12.0. The Kier molecular flexibility index (Phi) is 5.69. The second-order valence-electron chi connectivity index (χ2n) is 4.14. The Morgan fingerprint density at radius 3 is 2.94 bits per heavy atom. The number of thioether (sulfide) groups is 1. The van der Waals surface area contributed by atoms with Crippen LogP contribution in [0.15, 0.2) is 12.2 Å². The number of aliphatic hydroxyl groups is 1. The summed E-state index contributed by atoms with van der Waals surface area (Å²) in [6.45, 7) is 2.14. The van der Waals surface area contributed by atoms with Crippen molar-refractivity contribution in [1.82, 2.24) is 10.6 Å². The fourth-order valence-electron chi connectivity index (χ4n) is 1.74. The van der Waals surface area contributed by atoms with Crippen molar-refractivity contribution in [2.75, 3.05) is 18.6 Å². The fourth-order valence-corrected chi connectivity index (χ4v) is 2.33. The molecule has 0 spiro atoms. The highest BCUT2D eigenvalue weighted by atomic mass is 32.2. The van der Waals surface area contributed by atoms with E-state index in [1.54, 1.807) is 11.8 Å². The van der Waals surface area contributed by atoms with E-state index in [0.717, 1.165) is 12.2 Å². The molecule has 92 valence electrons. The summed E-state index contributed by atoms with van der Waals surface area (Å²) in [5, 5.41) is 14.7. The van der Waals surface area contributed by atoms with Crippen LogP contribution in [0.25, 0.3) is 0 Å². The zero-order valence-corrected chi connectivity index (χ0v) is 10.6. The maximum absolute atomic E-state index is 11.6. The van der Waals surface area contributed by atoms with E-state index in [0.29, 0.717) is 0 Å². The van der Waals surface area contributed by atoms with Gasteiger partial charge in [0.25, 0.3) is 0 Å². The smallest absolute Gasteiger partial charge is 0.315 e. The lowest BCUT2D eigenvalue weighted by Crippen LogP contribution is -2.45. The summed E-state index contributed by atoms with van der Waals surface area (Å²) in [6.07, 6.45) is 6.71. The normalized spacial score (nSPS) is 25.4. The number of carbonyl (C=O) groups is 1. The molecule has 1 aliphatic carbocycles. The van der Waals surface area contributed by atoms with Gasteiger partial charge in [-0.05, 0) is 19.6 Å². The molecule has 0 saturated heterocycles. The van der Waals surface area contributed by atoms with Crippen LogP contribution in [0, 0.1) is 5.92 Å². The second kappa shape index (κ2) is 6.81. The van der Waals surface area contributed by atoms with Crippen LogP contribution in [0.3, 0.4) is 0 Å². The van der Waals surface area contributed by atoms with Crippen LogP contribution in [0.5, 0.6) is 0 Å². The topological polar surface area (TPSA) is 61.4 Å². The highest BCUT2D eigenvalue weighted by Crippen LogP contribution is 2.16. The molecule has 3 atom stereocenters. The second-order valence-corrected chi connectivity index (χ2v) is 5.05. The Hall–Kier alpha value is -0.680. The average Bonchev–Trinajstić information content (AvgIpc) is 2.65. The van der Waals surface area contributed by atoms with Gasteiger partial charge in [-0.1, -0.05) is 12.2 Å². The van der Waals surface area contributed by atoms with Crippen molar-refractivity contribution in [3.05, 3.63) is 12.2 Å². The summed E-state index contributed by atoms with van der Waals surface area (Å²) >= 11 is 1.71. The molecular weight excluding hydrogens is 224 g/mol. The van der Waals surface area contributed by atoms with Crippen molar-refractivity contribution in [2.24, 2.45) is 5.92 Å². The van der Waals surface area contributed by atoms with E-state index in [1.807, 2.05) is 25.3 Å². The summed E-state index contributed by atoms with van der Waals surface area (Å²) in [4.78, 5) is 11.6. The molecule has 2 amide bonds.